The van der Waals surface area contributed by atoms with Crippen molar-refractivity contribution < 1.29 is 9.47 Å². The summed E-state index contributed by atoms with van der Waals surface area (Å²) >= 11 is 0. The minimum absolute atomic E-state index is 0.407. The highest BCUT2D eigenvalue weighted by molar-refractivity contribution is 4.68. The average Bonchev–Trinajstić information content (AvgIpc) is 1.97. The van der Waals surface area contributed by atoms with Crippen LogP contribution in [0.25, 0.3) is 0 Å². The molecule has 1 heterocycles. The van der Waals surface area contributed by atoms with E-state index in [0.717, 1.165) is 13.2 Å². The number of allylic oxidation sites excluding steroid dienone is 2. The van der Waals surface area contributed by atoms with Gasteiger partial charge < -0.3 is 9.47 Å². The predicted octanol–water partition coefficient (Wildman–Crippen LogP) is 2.00. The van der Waals surface area contributed by atoms with Crippen molar-refractivity contribution in [2.45, 2.75) is 26.4 Å². The van der Waals surface area contributed by atoms with Crippen LogP contribution in [0.3, 0.4) is 0 Å². The molecular weight excluding hydrogens is 140 g/mol. The third kappa shape index (κ3) is 6.07. The van der Waals surface area contributed by atoms with Crippen molar-refractivity contribution >= 4 is 0 Å². The standard InChI is InChI=1S/C5H10O2.C4H8/c1-6-4-5-2-3-7-5;1-3-4-2/h5H,2-4H2,1H3;3-4H,1-2H3. The minimum Gasteiger partial charge on any atom is -0.382 e. The molecule has 1 fully saturated rings. The zero-order valence-corrected chi connectivity index (χ0v) is 7.67. The Balaban J connectivity index is 0.000000218. The molecule has 1 rings (SSSR count). The molecule has 1 unspecified atom stereocenters. The highest BCUT2D eigenvalue weighted by Crippen LogP contribution is 2.09. The Morgan fingerprint density at radius 1 is 1.45 bits per heavy atom. The normalized spacial score (nSPS) is 22.3. The van der Waals surface area contributed by atoms with E-state index in [1.807, 2.05) is 26.0 Å². The molecule has 0 spiro atoms. The summed E-state index contributed by atoms with van der Waals surface area (Å²) in [7, 11) is 1.70. The largest absolute Gasteiger partial charge is 0.382 e. The third-order valence-electron chi connectivity index (χ3n) is 1.48. The summed E-state index contributed by atoms with van der Waals surface area (Å²) in [6.07, 6.45) is 5.58. The van der Waals surface area contributed by atoms with Gasteiger partial charge in [-0.1, -0.05) is 12.2 Å². The lowest BCUT2D eigenvalue weighted by atomic mass is 10.2. The number of methoxy groups -OCH3 is 1. The quantitative estimate of drug-likeness (QED) is 0.572. The molecule has 1 aliphatic rings. The monoisotopic (exact) mass is 158 g/mol. The van der Waals surface area contributed by atoms with E-state index in [1.54, 1.807) is 7.11 Å². The van der Waals surface area contributed by atoms with Crippen molar-refractivity contribution in [2.24, 2.45) is 0 Å². The Labute approximate surface area is 69.2 Å². The molecule has 0 aliphatic carbocycles. The lowest BCUT2D eigenvalue weighted by Gasteiger charge is -2.24. The van der Waals surface area contributed by atoms with Crippen LogP contribution in [0.2, 0.25) is 0 Å². The van der Waals surface area contributed by atoms with Gasteiger partial charge in [0.15, 0.2) is 0 Å². The molecule has 0 aromatic rings. The zero-order chi connectivity index (χ0) is 8.53. The van der Waals surface area contributed by atoms with Crippen LogP contribution in [-0.4, -0.2) is 26.4 Å². The van der Waals surface area contributed by atoms with E-state index in [9.17, 15) is 0 Å². The van der Waals surface area contributed by atoms with Crippen LogP contribution < -0.4 is 0 Å². The van der Waals surface area contributed by atoms with Gasteiger partial charge in [0, 0.05) is 13.7 Å². The molecule has 2 nitrogen and oxygen atoms in total. The first-order chi connectivity index (χ1) is 5.35. The molecule has 0 saturated carbocycles. The van der Waals surface area contributed by atoms with Crippen molar-refractivity contribution in [3.8, 4) is 0 Å². The van der Waals surface area contributed by atoms with Crippen LogP contribution in [-0.2, 0) is 9.47 Å². The first-order valence-corrected chi connectivity index (χ1v) is 4.03. The first kappa shape index (κ1) is 10.7. The summed E-state index contributed by atoms with van der Waals surface area (Å²) < 4.78 is 9.87. The lowest BCUT2D eigenvalue weighted by molar-refractivity contribution is -0.0857. The highest BCUT2D eigenvalue weighted by Gasteiger charge is 2.16. The fourth-order valence-corrected chi connectivity index (χ4v) is 0.602. The van der Waals surface area contributed by atoms with Gasteiger partial charge in [-0.05, 0) is 20.3 Å². The van der Waals surface area contributed by atoms with Gasteiger partial charge in [0.2, 0.25) is 0 Å². The van der Waals surface area contributed by atoms with Crippen LogP contribution in [0.5, 0.6) is 0 Å². The Bertz CT molecular complexity index is 91.7. The second-order valence-corrected chi connectivity index (χ2v) is 2.40. The molecule has 0 amide bonds. The van der Waals surface area contributed by atoms with E-state index >= 15 is 0 Å². The van der Waals surface area contributed by atoms with Crippen molar-refractivity contribution in [3.63, 3.8) is 0 Å². The van der Waals surface area contributed by atoms with Crippen molar-refractivity contribution in [1.82, 2.24) is 0 Å². The molecule has 0 bridgehead atoms. The van der Waals surface area contributed by atoms with Crippen LogP contribution in [0.15, 0.2) is 12.2 Å². The van der Waals surface area contributed by atoms with E-state index in [4.69, 9.17) is 9.47 Å². The number of rotatable bonds is 2. The van der Waals surface area contributed by atoms with Gasteiger partial charge in [0.25, 0.3) is 0 Å². The second-order valence-electron chi connectivity index (χ2n) is 2.40. The third-order valence-corrected chi connectivity index (χ3v) is 1.48. The van der Waals surface area contributed by atoms with Crippen molar-refractivity contribution in [3.05, 3.63) is 12.2 Å². The van der Waals surface area contributed by atoms with Gasteiger partial charge in [0.1, 0.15) is 0 Å². The Morgan fingerprint density at radius 3 is 2.09 bits per heavy atom. The molecule has 1 atom stereocenters. The maximum absolute atomic E-state index is 5.05. The number of hydrogen-bond acceptors (Lipinski definition) is 2. The number of hydrogen-bond donors (Lipinski definition) is 0. The second kappa shape index (κ2) is 7.76. The highest BCUT2D eigenvalue weighted by atomic mass is 16.5. The maximum atomic E-state index is 5.05. The van der Waals surface area contributed by atoms with Gasteiger partial charge in [0.05, 0.1) is 12.7 Å². The molecule has 11 heavy (non-hydrogen) atoms. The van der Waals surface area contributed by atoms with Gasteiger partial charge in [-0.3, -0.25) is 0 Å². The molecule has 1 aliphatic heterocycles. The SMILES string of the molecule is CC=CC.COCC1CCO1. The molecule has 0 aromatic carbocycles. The summed E-state index contributed by atoms with van der Waals surface area (Å²) in [5.41, 5.74) is 0. The molecule has 1 saturated heterocycles. The number of ether oxygens (including phenoxy) is 2. The topological polar surface area (TPSA) is 18.5 Å². The summed E-state index contributed by atoms with van der Waals surface area (Å²) in [6, 6.07) is 0. The minimum atomic E-state index is 0.407. The average molecular weight is 158 g/mol. The predicted molar refractivity (Wildman–Crippen MR) is 46.7 cm³/mol. The molecule has 0 radical (unpaired) electrons. The summed E-state index contributed by atoms with van der Waals surface area (Å²) in [6.45, 7) is 5.69. The van der Waals surface area contributed by atoms with Crippen LogP contribution >= 0.6 is 0 Å². The molecule has 0 aromatic heterocycles. The summed E-state index contributed by atoms with van der Waals surface area (Å²) in [5.74, 6) is 0. The van der Waals surface area contributed by atoms with Gasteiger partial charge in [-0.2, -0.15) is 0 Å². The van der Waals surface area contributed by atoms with E-state index in [-0.39, 0.29) is 0 Å². The van der Waals surface area contributed by atoms with Crippen LogP contribution in [0, 0.1) is 0 Å². The Kier molecular flexibility index (Phi) is 7.52. The molecule has 66 valence electrons. The zero-order valence-electron chi connectivity index (χ0n) is 7.67. The summed E-state index contributed by atoms with van der Waals surface area (Å²) in [4.78, 5) is 0. The first-order valence-electron chi connectivity index (χ1n) is 4.03. The van der Waals surface area contributed by atoms with Crippen molar-refractivity contribution in [1.29, 1.82) is 0 Å². The Hall–Kier alpha value is -0.340. The fourth-order valence-electron chi connectivity index (χ4n) is 0.602. The Morgan fingerprint density at radius 2 is 2.00 bits per heavy atom. The lowest BCUT2D eigenvalue weighted by Crippen LogP contribution is -2.30. The van der Waals surface area contributed by atoms with E-state index in [2.05, 4.69) is 0 Å². The van der Waals surface area contributed by atoms with Gasteiger partial charge >= 0.3 is 0 Å². The maximum Gasteiger partial charge on any atom is 0.0830 e. The molecular formula is C9H18O2. The molecule has 0 N–H and O–H groups in total. The van der Waals surface area contributed by atoms with E-state index in [0.29, 0.717) is 6.10 Å². The van der Waals surface area contributed by atoms with E-state index in [1.165, 1.54) is 6.42 Å². The van der Waals surface area contributed by atoms with Crippen molar-refractivity contribution in [2.75, 3.05) is 20.3 Å². The molecule has 2 heteroatoms. The summed E-state index contributed by atoms with van der Waals surface area (Å²) in [5, 5.41) is 0. The van der Waals surface area contributed by atoms with Gasteiger partial charge in [-0.25, -0.2) is 0 Å². The van der Waals surface area contributed by atoms with Crippen LogP contribution in [0.1, 0.15) is 20.3 Å². The van der Waals surface area contributed by atoms with Gasteiger partial charge in [-0.15, -0.1) is 0 Å². The fraction of sp³-hybridized carbons (Fsp3) is 0.778. The van der Waals surface area contributed by atoms with E-state index < -0.39 is 0 Å². The van der Waals surface area contributed by atoms with Crippen LogP contribution in [0.4, 0.5) is 0 Å². The smallest absolute Gasteiger partial charge is 0.0830 e.